The number of carbonyl (C=O) groups excluding carboxylic acids is 1. The summed E-state index contributed by atoms with van der Waals surface area (Å²) in [4.78, 5) is 21.1. The van der Waals surface area contributed by atoms with Crippen molar-refractivity contribution in [3.8, 4) is 0 Å². The summed E-state index contributed by atoms with van der Waals surface area (Å²) in [6, 6.07) is 9.24. The van der Waals surface area contributed by atoms with Crippen LogP contribution < -0.4 is 10.8 Å². The molecule has 1 amide bonds. The number of rotatable bonds is 6. The van der Waals surface area contributed by atoms with E-state index in [2.05, 4.69) is 38.4 Å². The van der Waals surface area contributed by atoms with Crippen LogP contribution in [0.3, 0.4) is 0 Å². The first-order valence-corrected chi connectivity index (χ1v) is 8.30. The van der Waals surface area contributed by atoms with Gasteiger partial charge in [-0.3, -0.25) is 14.6 Å². The molecule has 0 fully saturated rings. The number of nitrogens with zero attached hydrogens (tertiary/aromatic N) is 1. The van der Waals surface area contributed by atoms with E-state index in [4.69, 9.17) is 19.5 Å². The van der Waals surface area contributed by atoms with Crippen LogP contribution in [0.1, 0.15) is 10.6 Å². The molecule has 4 N–H and O–H groups in total. The van der Waals surface area contributed by atoms with Gasteiger partial charge in [-0.25, -0.2) is 5.48 Å². The minimum atomic E-state index is -1.69. The minimum Gasteiger partial charge on any atom is -0.448 e. The van der Waals surface area contributed by atoms with Gasteiger partial charge in [0.25, 0.3) is 0 Å². The van der Waals surface area contributed by atoms with Crippen LogP contribution in [0.15, 0.2) is 47.1 Å². The van der Waals surface area contributed by atoms with E-state index in [1.54, 1.807) is 18.5 Å². The van der Waals surface area contributed by atoms with E-state index in [1.807, 2.05) is 24.3 Å². The van der Waals surface area contributed by atoms with Crippen LogP contribution in [0.4, 0.5) is 11.4 Å². The zero-order valence-corrected chi connectivity index (χ0v) is 14.9. The van der Waals surface area contributed by atoms with Gasteiger partial charge in [0.2, 0.25) is 5.76 Å². The number of anilines is 2. The Morgan fingerprint density at radius 3 is 2.76 bits per heavy atom. The Morgan fingerprint density at radius 2 is 2.04 bits per heavy atom. The molecule has 1 aromatic carbocycles. The lowest BCUT2D eigenvalue weighted by Gasteiger charge is -2.09. The first kappa shape index (κ1) is 17.6. The molecule has 8 nitrogen and oxygen atoms in total. The molecule has 130 valence electrons. The minimum absolute atomic E-state index is 0.00557. The average molecular weight is 455 g/mol. The first-order valence-electron chi connectivity index (χ1n) is 7.22. The van der Waals surface area contributed by atoms with Gasteiger partial charge in [-0.05, 0) is 52.9 Å². The highest BCUT2D eigenvalue weighted by atomic mass is 127. The Kier molecular flexibility index (Phi) is 5.48. The van der Waals surface area contributed by atoms with Crippen molar-refractivity contribution >= 4 is 50.8 Å². The number of fused-ring (bicyclic) bond motifs is 1. The number of nitrogens with one attached hydrogen (secondary N) is 2. The number of amides is 1. The van der Waals surface area contributed by atoms with Gasteiger partial charge < -0.3 is 19.9 Å². The maximum atomic E-state index is 12.3. The second-order valence-corrected chi connectivity index (χ2v) is 6.28. The van der Waals surface area contributed by atoms with Crippen LogP contribution in [0.25, 0.3) is 11.0 Å². The molecule has 0 atom stereocenters. The molecule has 0 aliphatic heterocycles. The number of hydrogen-bond donors (Lipinski definition) is 4. The molecule has 3 aromatic rings. The highest BCUT2D eigenvalue weighted by Gasteiger charge is 2.21. The summed E-state index contributed by atoms with van der Waals surface area (Å²) in [7, 11) is 0. The van der Waals surface area contributed by atoms with Gasteiger partial charge in [0.1, 0.15) is 17.9 Å². The van der Waals surface area contributed by atoms with Crippen LogP contribution >= 0.6 is 22.6 Å². The molecule has 0 saturated carbocycles. The summed E-state index contributed by atoms with van der Waals surface area (Å²) in [6.45, 7) is -0.465. The van der Waals surface area contributed by atoms with Crippen molar-refractivity contribution in [3.05, 3.63) is 52.1 Å². The quantitative estimate of drug-likeness (QED) is 0.256. The topological polar surface area (TPSA) is 117 Å². The lowest BCUT2D eigenvalue weighted by molar-refractivity contribution is -0.111. The Hall–Kier alpha value is -2.21. The second kappa shape index (κ2) is 7.78. The number of aliphatic hydroxyl groups excluding tert-OH is 1. The summed E-state index contributed by atoms with van der Waals surface area (Å²) < 4.78 is 6.67. The van der Waals surface area contributed by atoms with Crippen molar-refractivity contribution in [2.45, 2.75) is 6.29 Å². The van der Waals surface area contributed by atoms with Gasteiger partial charge >= 0.3 is 5.91 Å². The van der Waals surface area contributed by atoms with Crippen LogP contribution in [0.2, 0.25) is 0 Å². The van der Waals surface area contributed by atoms with Crippen LogP contribution in [0.5, 0.6) is 0 Å². The number of halogens is 1. The van der Waals surface area contributed by atoms with Crippen molar-refractivity contribution in [1.82, 2.24) is 10.5 Å². The van der Waals surface area contributed by atoms with E-state index >= 15 is 0 Å². The first-order chi connectivity index (χ1) is 12.0. The third kappa shape index (κ3) is 4.25. The number of furan rings is 1. The van der Waals surface area contributed by atoms with E-state index in [1.165, 1.54) is 0 Å². The van der Waals surface area contributed by atoms with E-state index in [0.717, 1.165) is 9.26 Å². The molecule has 0 aliphatic rings. The molecule has 9 heteroatoms. The van der Waals surface area contributed by atoms with Crippen molar-refractivity contribution in [2.24, 2.45) is 0 Å². The highest BCUT2D eigenvalue weighted by molar-refractivity contribution is 14.1. The van der Waals surface area contributed by atoms with E-state index < -0.39 is 18.8 Å². The maximum Gasteiger partial charge on any atom is 0.312 e. The van der Waals surface area contributed by atoms with Crippen LogP contribution in [-0.2, 0) is 4.84 Å². The van der Waals surface area contributed by atoms with Crippen molar-refractivity contribution in [3.63, 3.8) is 0 Å². The number of carbonyl (C=O) groups is 1. The van der Waals surface area contributed by atoms with Crippen molar-refractivity contribution < 1.29 is 24.3 Å². The summed E-state index contributed by atoms with van der Waals surface area (Å²) in [5.74, 6) is -0.668. The maximum absolute atomic E-state index is 12.3. The molecule has 2 aromatic heterocycles. The number of hydroxylamine groups is 1. The highest BCUT2D eigenvalue weighted by Crippen LogP contribution is 2.32. The fourth-order valence-corrected chi connectivity index (χ4v) is 2.49. The lowest BCUT2D eigenvalue weighted by atomic mass is 10.2. The van der Waals surface area contributed by atoms with Crippen LogP contribution in [0, 0.1) is 3.57 Å². The summed E-state index contributed by atoms with van der Waals surface area (Å²) >= 11 is 2.20. The molecule has 2 heterocycles. The fraction of sp³-hybridized carbons (Fsp3) is 0.125. The van der Waals surface area contributed by atoms with E-state index in [-0.39, 0.29) is 5.76 Å². The molecule has 0 bridgehead atoms. The molecule has 25 heavy (non-hydrogen) atoms. The van der Waals surface area contributed by atoms with Crippen molar-refractivity contribution in [2.75, 3.05) is 11.9 Å². The Labute approximate surface area is 155 Å². The molecule has 0 saturated heterocycles. The molecule has 3 rings (SSSR count). The zero-order chi connectivity index (χ0) is 17.8. The van der Waals surface area contributed by atoms with E-state index in [9.17, 15) is 4.79 Å². The van der Waals surface area contributed by atoms with Gasteiger partial charge in [-0.2, -0.15) is 0 Å². The number of aromatic nitrogens is 1. The van der Waals surface area contributed by atoms with Gasteiger partial charge in [0.15, 0.2) is 6.29 Å². The molecule has 0 aliphatic carbocycles. The number of hydrogen-bond acceptors (Lipinski definition) is 7. The summed E-state index contributed by atoms with van der Waals surface area (Å²) in [5.41, 5.74) is 3.80. The summed E-state index contributed by atoms with van der Waals surface area (Å²) in [5, 5.41) is 21.3. The number of benzene rings is 1. The lowest BCUT2D eigenvalue weighted by Crippen LogP contribution is -2.28. The third-order valence-corrected chi connectivity index (χ3v) is 3.93. The van der Waals surface area contributed by atoms with Gasteiger partial charge in [0.05, 0.1) is 5.39 Å². The molecular formula is C16H14IN3O5. The normalized spacial score (nSPS) is 11.0. The largest absolute Gasteiger partial charge is 0.448 e. The zero-order valence-electron chi connectivity index (χ0n) is 12.8. The predicted molar refractivity (Wildman–Crippen MR) is 98.1 cm³/mol. The van der Waals surface area contributed by atoms with Gasteiger partial charge in [-0.15, -0.1) is 0 Å². The third-order valence-electron chi connectivity index (χ3n) is 3.21. The Balaban J connectivity index is 1.91. The Morgan fingerprint density at radius 1 is 1.28 bits per heavy atom. The monoisotopic (exact) mass is 455 g/mol. The summed E-state index contributed by atoms with van der Waals surface area (Å²) in [6.07, 6.45) is 1.45. The standard InChI is InChI=1S/C16H14IN3O5/c17-9-1-3-10(4-2-9)19-14-11-7-18-6-5-12(11)25-15(14)16(23)20-24-8-13(21)22/h1-7,13,19,21-22H,8H2,(H,20,23). The predicted octanol–water partition coefficient (Wildman–Crippen LogP) is 2.15. The number of pyridine rings is 1. The molecule has 0 unspecified atom stereocenters. The van der Waals surface area contributed by atoms with Gasteiger partial charge in [0, 0.05) is 21.7 Å². The second-order valence-electron chi connectivity index (χ2n) is 5.03. The van der Waals surface area contributed by atoms with Gasteiger partial charge in [-0.1, -0.05) is 0 Å². The van der Waals surface area contributed by atoms with Crippen molar-refractivity contribution in [1.29, 1.82) is 0 Å². The van der Waals surface area contributed by atoms with E-state index in [0.29, 0.717) is 16.7 Å². The smallest absolute Gasteiger partial charge is 0.312 e. The molecular weight excluding hydrogens is 441 g/mol. The van der Waals surface area contributed by atoms with Crippen LogP contribution in [-0.4, -0.2) is 34.0 Å². The molecule has 0 spiro atoms. The Bertz CT molecular complexity index is 879. The molecule has 0 radical (unpaired) electrons. The number of aliphatic hydroxyl groups is 2. The fourth-order valence-electron chi connectivity index (χ4n) is 2.13. The SMILES string of the molecule is O=C(NOCC(O)O)c1oc2ccncc2c1Nc1ccc(I)cc1. The average Bonchev–Trinajstić information content (AvgIpc) is 2.95.